The zero-order valence-corrected chi connectivity index (χ0v) is 14.2. The Hall–Kier alpha value is -1.31. The van der Waals surface area contributed by atoms with E-state index in [0.717, 1.165) is 42.9 Å². The first-order chi connectivity index (χ1) is 11.1. The van der Waals surface area contributed by atoms with Crippen molar-refractivity contribution >= 4 is 41.0 Å². The van der Waals surface area contributed by atoms with Gasteiger partial charge >= 0.3 is 0 Å². The molecule has 23 heavy (non-hydrogen) atoms. The van der Waals surface area contributed by atoms with E-state index >= 15 is 0 Å². The fourth-order valence-corrected chi connectivity index (χ4v) is 4.95. The number of carbonyl (C=O) groups excluding carboxylic acids is 1. The number of fused-ring (bicyclic) bond motifs is 1. The maximum Gasteiger partial charge on any atom is 0.266 e. The molecule has 1 amide bonds. The van der Waals surface area contributed by atoms with E-state index in [1.807, 2.05) is 17.8 Å². The van der Waals surface area contributed by atoms with Crippen molar-refractivity contribution in [2.24, 2.45) is 0 Å². The normalized spacial score (nSPS) is 27.6. The summed E-state index contributed by atoms with van der Waals surface area (Å²) in [6.07, 6.45) is 2.85. The van der Waals surface area contributed by atoms with Crippen LogP contribution in [0.5, 0.6) is 0 Å². The molecule has 4 rings (SSSR count). The van der Waals surface area contributed by atoms with Crippen molar-refractivity contribution in [1.29, 1.82) is 0 Å². The van der Waals surface area contributed by atoms with Crippen LogP contribution in [0.4, 0.5) is 0 Å². The number of carbonyl (C=O) groups is 1. The molecule has 2 N–H and O–H groups in total. The molecule has 2 aliphatic rings. The number of nitrogens with one attached hydrogen (secondary N) is 2. The largest absolute Gasteiger partial charge is 0.429 e. The van der Waals surface area contributed by atoms with Crippen molar-refractivity contribution in [3.8, 4) is 0 Å². The summed E-state index contributed by atoms with van der Waals surface area (Å²) < 4.78 is 11.4. The summed E-state index contributed by atoms with van der Waals surface area (Å²) in [7, 11) is 0. The molecule has 0 saturated carbocycles. The summed E-state index contributed by atoms with van der Waals surface area (Å²) in [4.78, 5) is 15.8. The van der Waals surface area contributed by atoms with Crippen molar-refractivity contribution < 1.29 is 13.9 Å². The number of aromatic nitrogens is 1. The van der Waals surface area contributed by atoms with Crippen molar-refractivity contribution in [1.82, 2.24) is 10.3 Å². The molecule has 2 atom stereocenters. The van der Waals surface area contributed by atoms with Gasteiger partial charge in [0.25, 0.3) is 10.7 Å². The first kappa shape index (κ1) is 15.2. The van der Waals surface area contributed by atoms with E-state index in [1.54, 1.807) is 12.1 Å². The Bertz CT molecular complexity index is 792. The van der Waals surface area contributed by atoms with Crippen LogP contribution in [0.1, 0.15) is 29.6 Å². The van der Waals surface area contributed by atoms with Gasteiger partial charge in [-0.1, -0.05) is 0 Å². The fourth-order valence-electron chi connectivity index (χ4n) is 3.37. The van der Waals surface area contributed by atoms with Gasteiger partial charge in [-0.3, -0.25) is 4.79 Å². The average Bonchev–Trinajstić information content (AvgIpc) is 3.12. The highest BCUT2D eigenvalue weighted by molar-refractivity contribution is 7.99. The number of hydrogen-bond donors (Lipinski definition) is 2. The molecule has 2 aromatic rings. The number of thioether (sulfide) groups is 1. The van der Waals surface area contributed by atoms with Crippen LogP contribution < -0.4 is 5.32 Å². The first-order valence-corrected chi connectivity index (χ1v) is 9.35. The maximum atomic E-state index is 12.5. The third-order valence-electron chi connectivity index (χ3n) is 4.58. The molecule has 1 aromatic heterocycles. The second-order valence-electron chi connectivity index (χ2n) is 6.22. The standard InChI is InChI=1S/C16H18N2O3S2/c19-14(10-1-2-12-13(7-10)21-15(22)18-12)17-11-3-5-20-16(8-11)4-6-23-9-16/h1-2,7,11H,3-6,8-9H2,(H,17,19)(H,18,22)/t11-,16+/m0/s1. The molecule has 2 aliphatic heterocycles. The number of oxazole rings is 1. The lowest BCUT2D eigenvalue weighted by Gasteiger charge is -2.38. The summed E-state index contributed by atoms with van der Waals surface area (Å²) >= 11 is 6.91. The van der Waals surface area contributed by atoms with Crippen molar-refractivity contribution in [3.05, 3.63) is 28.6 Å². The number of rotatable bonds is 2. The summed E-state index contributed by atoms with van der Waals surface area (Å²) in [5.41, 5.74) is 1.98. The summed E-state index contributed by atoms with van der Waals surface area (Å²) in [5, 5.41) is 3.15. The molecule has 2 fully saturated rings. The quantitative estimate of drug-likeness (QED) is 0.814. The van der Waals surface area contributed by atoms with Gasteiger partial charge in [0.15, 0.2) is 5.58 Å². The van der Waals surface area contributed by atoms with Crippen LogP contribution in [0.2, 0.25) is 0 Å². The molecule has 0 unspecified atom stereocenters. The second kappa shape index (κ2) is 5.96. The average molecular weight is 350 g/mol. The molecule has 0 bridgehead atoms. The van der Waals surface area contributed by atoms with Gasteiger partial charge in [0.05, 0.1) is 11.1 Å². The molecule has 1 aromatic carbocycles. The Balaban J connectivity index is 1.48. The van der Waals surface area contributed by atoms with E-state index in [9.17, 15) is 4.79 Å². The molecule has 1 spiro atoms. The summed E-state index contributed by atoms with van der Waals surface area (Å²) in [6.45, 7) is 0.719. The molecule has 122 valence electrons. The van der Waals surface area contributed by atoms with Crippen LogP contribution in [-0.4, -0.2) is 40.6 Å². The number of aromatic amines is 1. The van der Waals surface area contributed by atoms with Gasteiger partial charge in [-0.15, -0.1) is 0 Å². The SMILES string of the molecule is O=C(N[C@H]1CCO[C@]2(CCSC2)C1)c1ccc2[nH]c(=S)oc2c1. The number of hydrogen-bond acceptors (Lipinski definition) is 5. The first-order valence-electron chi connectivity index (χ1n) is 7.79. The number of H-pyrrole nitrogens is 1. The Morgan fingerprint density at radius 2 is 2.39 bits per heavy atom. The van der Waals surface area contributed by atoms with Gasteiger partial charge in [-0.25, -0.2) is 0 Å². The smallest absolute Gasteiger partial charge is 0.266 e. The fraction of sp³-hybridized carbons (Fsp3) is 0.500. The minimum Gasteiger partial charge on any atom is -0.429 e. The molecular formula is C16H18N2O3S2. The molecule has 7 heteroatoms. The Kier molecular flexibility index (Phi) is 3.95. The van der Waals surface area contributed by atoms with Crippen LogP contribution in [0.15, 0.2) is 22.6 Å². The number of benzene rings is 1. The minimum absolute atomic E-state index is 0.0297. The van der Waals surface area contributed by atoms with E-state index in [1.165, 1.54) is 0 Å². The molecule has 5 nitrogen and oxygen atoms in total. The minimum atomic E-state index is -0.0677. The second-order valence-corrected chi connectivity index (χ2v) is 7.70. The predicted molar refractivity (Wildman–Crippen MR) is 92.5 cm³/mol. The van der Waals surface area contributed by atoms with Gasteiger partial charge in [0.1, 0.15) is 0 Å². The Morgan fingerprint density at radius 3 is 3.22 bits per heavy atom. The van der Waals surface area contributed by atoms with Crippen LogP contribution in [0.25, 0.3) is 11.1 Å². The van der Waals surface area contributed by atoms with Crippen LogP contribution in [0.3, 0.4) is 0 Å². The monoisotopic (exact) mass is 350 g/mol. The molecule has 0 aliphatic carbocycles. The molecule has 3 heterocycles. The third-order valence-corrected chi connectivity index (χ3v) is 5.99. The van der Waals surface area contributed by atoms with Gasteiger partial charge in [0.2, 0.25) is 0 Å². The van der Waals surface area contributed by atoms with Crippen LogP contribution in [-0.2, 0) is 4.74 Å². The maximum absolute atomic E-state index is 12.5. The van der Waals surface area contributed by atoms with Crippen LogP contribution in [0, 0.1) is 4.84 Å². The summed E-state index contributed by atoms with van der Waals surface area (Å²) in [6, 6.07) is 5.52. The van der Waals surface area contributed by atoms with Crippen molar-refractivity contribution in [3.63, 3.8) is 0 Å². The van der Waals surface area contributed by atoms with E-state index in [4.69, 9.17) is 21.4 Å². The predicted octanol–water partition coefficient (Wildman–Crippen LogP) is 3.27. The van der Waals surface area contributed by atoms with Gasteiger partial charge in [0, 0.05) is 24.0 Å². The molecule has 2 saturated heterocycles. The molecular weight excluding hydrogens is 332 g/mol. The lowest BCUT2D eigenvalue weighted by molar-refractivity contribution is -0.0688. The lowest BCUT2D eigenvalue weighted by atomic mass is 9.89. The van der Waals surface area contributed by atoms with E-state index in [-0.39, 0.29) is 17.6 Å². The van der Waals surface area contributed by atoms with E-state index < -0.39 is 0 Å². The topological polar surface area (TPSA) is 67.3 Å². The number of amides is 1. The van der Waals surface area contributed by atoms with E-state index in [0.29, 0.717) is 16.0 Å². The Labute approximate surface area is 143 Å². The van der Waals surface area contributed by atoms with E-state index in [2.05, 4.69) is 10.3 Å². The number of ether oxygens (including phenoxy) is 1. The van der Waals surface area contributed by atoms with Crippen LogP contribution >= 0.6 is 24.0 Å². The highest BCUT2D eigenvalue weighted by Gasteiger charge is 2.40. The highest BCUT2D eigenvalue weighted by Crippen LogP contribution is 2.38. The third kappa shape index (κ3) is 3.05. The lowest BCUT2D eigenvalue weighted by Crippen LogP contribution is -2.48. The molecule has 0 radical (unpaired) electrons. The Morgan fingerprint density at radius 1 is 1.48 bits per heavy atom. The van der Waals surface area contributed by atoms with Gasteiger partial charge in [-0.05, 0) is 55.4 Å². The van der Waals surface area contributed by atoms with Gasteiger partial charge < -0.3 is 19.5 Å². The highest BCUT2D eigenvalue weighted by atomic mass is 32.2. The zero-order chi connectivity index (χ0) is 15.9. The van der Waals surface area contributed by atoms with Gasteiger partial charge in [-0.2, -0.15) is 11.8 Å². The van der Waals surface area contributed by atoms with Crippen molar-refractivity contribution in [2.45, 2.75) is 30.9 Å². The van der Waals surface area contributed by atoms with Crippen molar-refractivity contribution in [2.75, 3.05) is 18.1 Å². The zero-order valence-electron chi connectivity index (χ0n) is 12.6. The summed E-state index contributed by atoms with van der Waals surface area (Å²) in [5.74, 6) is 2.12.